The lowest BCUT2D eigenvalue weighted by Gasteiger charge is -2.12. The van der Waals surface area contributed by atoms with E-state index in [4.69, 9.17) is 14.0 Å². The summed E-state index contributed by atoms with van der Waals surface area (Å²) in [5, 5.41) is 0.923. The molecule has 0 amide bonds. The number of fused-ring (bicyclic) bond motifs is 1. The van der Waals surface area contributed by atoms with Gasteiger partial charge in [0.05, 0.1) is 6.10 Å². The summed E-state index contributed by atoms with van der Waals surface area (Å²) >= 11 is 1.02. The zero-order valence-corrected chi connectivity index (χ0v) is 17.3. The Hall–Kier alpha value is -3.29. The molecule has 0 N–H and O–H groups in total. The smallest absolute Gasteiger partial charge is 0.170 e. The molecule has 0 atom stereocenters. The van der Waals surface area contributed by atoms with Crippen LogP contribution in [0.3, 0.4) is 0 Å². The third-order valence-electron chi connectivity index (χ3n) is 4.26. The van der Waals surface area contributed by atoms with Crippen molar-refractivity contribution in [3.8, 4) is 22.6 Å². The maximum Gasteiger partial charge on any atom is 0.170 e. The summed E-state index contributed by atoms with van der Waals surface area (Å²) in [6.45, 7) is 3.90. The molecule has 0 radical (unpaired) electrons. The van der Waals surface area contributed by atoms with Gasteiger partial charge in [0.1, 0.15) is 12.0 Å². The van der Waals surface area contributed by atoms with Crippen LogP contribution in [0, 0.1) is 0 Å². The molecule has 0 aliphatic rings. The van der Waals surface area contributed by atoms with Gasteiger partial charge in [-0.1, -0.05) is 22.5 Å². The van der Waals surface area contributed by atoms with E-state index in [0.29, 0.717) is 17.1 Å². The van der Waals surface area contributed by atoms with E-state index < -0.39 is 0 Å². The van der Waals surface area contributed by atoms with Gasteiger partial charge in [0.15, 0.2) is 23.6 Å². The number of hydrogen-bond acceptors (Lipinski definition) is 6. The zero-order chi connectivity index (χ0) is 20.9. The first kappa shape index (κ1) is 20.0. The number of rotatable bonds is 8. The van der Waals surface area contributed by atoms with E-state index >= 15 is 0 Å². The number of ether oxygens (including phenoxy) is 1. The fourth-order valence-electron chi connectivity index (χ4n) is 3.07. The quantitative estimate of drug-likeness (QED) is 0.157. The van der Waals surface area contributed by atoms with Crippen LogP contribution in [0.25, 0.3) is 22.2 Å². The molecule has 4 rings (SSSR count). The van der Waals surface area contributed by atoms with Crippen molar-refractivity contribution in [2.45, 2.75) is 20.0 Å². The van der Waals surface area contributed by atoms with Crippen LogP contribution in [-0.2, 0) is 4.33 Å². The minimum absolute atomic E-state index is 0.00171. The summed E-state index contributed by atoms with van der Waals surface area (Å²) in [5.74, 6) is 1.24. The van der Waals surface area contributed by atoms with Crippen molar-refractivity contribution in [1.82, 2.24) is 8.96 Å². The third kappa shape index (κ3) is 4.48. The van der Waals surface area contributed by atoms with Crippen LogP contribution in [0.5, 0.6) is 11.5 Å². The van der Waals surface area contributed by atoms with Crippen molar-refractivity contribution >= 4 is 29.5 Å². The van der Waals surface area contributed by atoms with Crippen molar-refractivity contribution in [3.63, 3.8) is 0 Å². The molecule has 0 spiro atoms. The molecule has 4 aromatic rings. The summed E-state index contributed by atoms with van der Waals surface area (Å²) in [6.07, 6.45) is 4.44. The molecular formula is C23H20N2O4S. The highest BCUT2D eigenvalue weighted by Gasteiger charge is 2.15. The number of aldehydes is 1. The van der Waals surface area contributed by atoms with Crippen molar-refractivity contribution in [2.75, 3.05) is 0 Å². The Morgan fingerprint density at radius 3 is 2.63 bits per heavy atom. The zero-order valence-electron chi connectivity index (χ0n) is 16.5. The lowest BCUT2D eigenvalue weighted by atomic mass is 10.0. The van der Waals surface area contributed by atoms with Crippen molar-refractivity contribution in [2.24, 2.45) is 0 Å². The van der Waals surface area contributed by atoms with Gasteiger partial charge in [-0.25, -0.2) is 8.96 Å². The van der Waals surface area contributed by atoms with E-state index in [0.717, 1.165) is 40.7 Å². The number of carbonyl (C=O) groups is 1. The summed E-state index contributed by atoms with van der Waals surface area (Å²) in [4.78, 5) is 21.3. The molecule has 2 aromatic heterocycles. The second-order valence-corrected chi connectivity index (χ2v) is 7.54. The highest BCUT2D eigenvalue weighted by molar-refractivity contribution is 7.93. The predicted molar refractivity (Wildman–Crippen MR) is 117 cm³/mol. The normalized spacial score (nSPS) is 11.0. The molecule has 30 heavy (non-hydrogen) atoms. The summed E-state index contributed by atoms with van der Waals surface area (Å²) in [6, 6.07) is 18.6. The minimum atomic E-state index is 0.00171. The van der Waals surface area contributed by atoms with Crippen LogP contribution >= 0.6 is 12.2 Å². The van der Waals surface area contributed by atoms with E-state index in [1.807, 2.05) is 62.5 Å². The summed E-state index contributed by atoms with van der Waals surface area (Å²) < 4.78 is 12.9. The molecule has 0 unspecified atom stereocenters. The fraction of sp³-hybridized carbons (Fsp3) is 0.130. The highest BCUT2D eigenvalue weighted by Crippen LogP contribution is 2.34. The summed E-state index contributed by atoms with van der Waals surface area (Å²) in [5.41, 5.74) is 3.03. The highest BCUT2D eigenvalue weighted by atomic mass is 32.2. The van der Waals surface area contributed by atoms with Crippen LogP contribution < -0.4 is 9.62 Å². The SMILES string of the molecule is CC(C)Oc1cc(C=O)cc(-c2cn(SOOc3ccccc3)c3ncccc23)c1. The third-order valence-corrected chi connectivity index (χ3v) is 4.83. The first-order valence-electron chi connectivity index (χ1n) is 9.44. The predicted octanol–water partition coefficient (Wildman–Crippen LogP) is 5.72. The second kappa shape index (κ2) is 9.02. The van der Waals surface area contributed by atoms with Gasteiger partial charge < -0.3 is 9.62 Å². The Balaban J connectivity index is 1.67. The molecule has 0 aliphatic carbocycles. The van der Waals surface area contributed by atoms with Gasteiger partial charge in [0, 0.05) is 28.9 Å². The molecule has 0 aliphatic heterocycles. The molecule has 152 valence electrons. The molecule has 0 saturated heterocycles. The largest absolute Gasteiger partial charge is 0.491 e. The summed E-state index contributed by atoms with van der Waals surface area (Å²) in [7, 11) is 0. The molecule has 6 nitrogen and oxygen atoms in total. The molecule has 2 aromatic carbocycles. The molecule has 0 bridgehead atoms. The van der Waals surface area contributed by atoms with Crippen LogP contribution in [0.1, 0.15) is 24.2 Å². The van der Waals surface area contributed by atoms with Gasteiger partial charge in [-0.3, -0.25) is 4.79 Å². The Bertz CT molecular complexity index is 1160. The lowest BCUT2D eigenvalue weighted by Crippen LogP contribution is -2.05. The average Bonchev–Trinajstić information content (AvgIpc) is 3.13. The molecule has 7 heteroatoms. The van der Waals surface area contributed by atoms with E-state index in [9.17, 15) is 4.79 Å². The maximum atomic E-state index is 11.5. The minimum Gasteiger partial charge on any atom is -0.491 e. The van der Waals surface area contributed by atoms with Gasteiger partial charge >= 0.3 is 0 Å². The number of aromatic nitrogens is 2. The Kier molecular flexibility index (Phi) is 6.02. The maximum absolute atomic E-state index is 11.5. The fourth-order valence-corrected chi connectivity index (χ4v) is 3.61. The standard InChI is InChI=1S/C23H20N2O4S/c1-16(2)27-20-12-17(15-26)11-18(13-20)22-14-25(23-21(22)9-6-10-24-23)30-29-28-19-7-4-3-5-8-19/h3-16H,1-2H3. The number of para-hydroxylation sites is 1. The molecular weight excluding hydrogens is 400 g/mol. The first-order valence-corrected chi connectivity index (χ1v) is 10.1. The van der Waals surface area contributed by atoms with E-state index in [1.54, 1.807) is 28.4 Å². The number of pyridine rings is 1. The Morgan fingerprint density at radius 2 is 1.87 bits per heavy atom. The monoisotopic (exact) mass is 420 g/mol. The van der Waals surface area contributed by atoms with Crippen molar-refractivity contribution < 1.29 is 18.8 Å². The number of hydrogen-bond donors (Lipinski definition) is 0. The number of benzene rings is 2. The van der Waals surface area contributed by atoms with Crippen LogP contribution in [0.15, 0.2) is 73.1 Å². The van der Waals surface area contributed by atoms with Gasteiger partial charge in [-0.15, -0.1) is 0 Å². The number of carbonyl (C=O) groups excluding carboxylic acids is 1. The molecule has 0 fully saturated rings. The molecule has 2 heterocycles. The van der Waals surface area contributed by atoms with E-state index in [-0.39, 0.29) is 6.10 Å². The average molecular weight is 420 g/mol. The molecule has 0 saturated carbocycles. The van der Waals surface area contributed by atoms with Crippen LogP contribution in [0.4, 0.5) is 0 Å². The van der Waals surface area contributed by atoms with Crippen LogP contribution in [0.2, 0.25) is 0 Å². The first-order chi connectivity index (χ1) is 14.6. The van der Waals surface area contributed by atoms with Gasteiger partial charge in [-0.05, 0) is 61.9 Å². The Morgan fingerprint density at radius 1 is 1.03 bits per heavy atom. The van der Waals surface area contributed by atoms with Gasteiger partial charge in [0.2, 0.25) is 0 Å². The number of nitrogens with zero attached hydrogens (tertiary/aromatic N) is 2. The van der Waals surface area contributed by atoms with E-state index in [2.05, 4.69) is 4.98 Å². The van der Waals surface area contributed by atoms with Crippen molar-refractivity contribution in [1.29, 1.82) is 0 Å². The Labute approximate surface area is 178 Å². The van der Waals surface area contributed by atoms with Gasteiger partial charge in [0.25, 0.3) is 0 Å². The topological polar surface area (TPSA) is 62.6 Å². The van der Waals surface area contributed by atoms with E-state index in [1.165, 1.54) is 0 Å². The van der Waals surface area contributed by atoms with Crippen molar-refractivity contribution in [3.05, 3.63) is 78.6 Å². The van der Waals surface area contributed by atoms with Gasteiger partial charge in [-0.2, -0.15) is 0 Å². The lowest BCUT2D eigenvalue weighted by molar-refractivity contribution is -0.0785. The van der Waals surface area contributed by atoms with Crippen LogP contribution in [-0.4, -0.2) is 21.3 Å². The second-order valence-electron chi connectivity index (χ2n) is 6.86.